The Labute approximate surface area is 191 Å². The topological polar surface area (TPSA) is 73.9 Å². The number of nitrogens with one attached hydrogen (secondary N) is 1. The number of carbonyl (C=O) groups excluding carboxylic acids is 2. The number of hydrogen-bond donors (Lipinski definition) is 1. The minimum atomic E-state index is -0.519. The van der Waals surface area contributed by atoms with E-state index in [9.17, 15) is 9.59 Å². The van der Waals surface area contributed by atoms with Crippen LogP contribution in [-0.4, -0.2) is 29.0 Å². The Morgan fingerprint density at radius 3 is 1.56 bits per heavy atom. The molecule has 1 N–H and O–H groups in total. The number of aldehydes is 1. The van der Waals surface area contributed by atoms with E-state index in [4.69, 9.17) is 14.2 Å². The molecule has 32 heavy (non-hydrogen) atoms. The summed E-state index contributed by atoms with van der Waals surface area (Å²) in [5, 5.41) is 2.85. The molecule has 0 radical (unpaired) electrons. The molecule has 0 saturated heterocycles. The average molecular weight is 442 g/mol. The van der Waals surface area contributed by atoms with Crippen LogP contribution in [0.25, 0.3) is 0 Å². The highest BCUT2D eigenvalue weighted by molar-refractivity contribution is 6.05. The molecule has 2 rings (SSSR count). The van der Waals surface area contributed by atoms with Crippen molar-refractivity contribution in [3.05, 3.63) is 47.5 Å². The van der Waals surface area contributed by atoms with Gasteiger partial charge in [0, 0.05) is 16.8 Å². The molecule has 6 heteroatoms. The molecular weight excluding hydrogens is 406 g/mol. The maximum absolute atomic E-state index is 13.1. The van der Waals surface area contributed by atoms with Crippen molar-refractivity contribution in [3.63, 3.8) is 0 Å². The van der Waals surface area contributed by atoms with Crippen molar-refractivity contribution < 1.29 is 23.8 Å². The third-order valence-electron chi connectivity index (χ3n) is 3.83. The summed E-state index contributed by atoms with van der Waals surface area (Å²) in [6, 6.07) is 9.97. The first-order valence-electron chi connectivity index (χ1n) is 10.7. The zero-order chi connectivity index (χ0) is 24.3. The van der Waals surface area contributed by atoms with Crippen LogP contribution in [0.2, 0.25) is 0 Å². The summed E-state index contributed by atoms with van der Waals surface area (Å²) in [7, 11) is 0. The fourth-order valence-corrected chi connectivity index (χ4v) is 2.77. The van der Waals surface area contributed by atoms with Gasteiger partial charge in [0.2, 0.25) is 5.75 Å². The van der Waals surface area contributed by atoms with Crippen molar-refractivity contribution in [3.8, 4) is 17.2 Å². The lowest BCUT2D eigenvalue weighted by atomic mass is 10.1. The van der Waals surface area contributed by atoms with Crippen LogP contribution < -0.4 is 19.5 Å². The lowest BCUT2D eigenvalue weighted by molar-refractivity contribution is 0.0771. The van der Waals surface area contributed by atoms with E-state index < -0.39 is 16.8 Å². The molecule has 0 atom stereocenters. The zero-order valence-corrected chi connectivity index (χ0v) is 20.6. The summed E-state index contributed by atoms with van der Waals surface area (Å²) in [4.78, 5) is 23.9. The number of carbonyl (C=O) groups is 2. The smallest absolute Gasteiger partial charge is 0.255 e. The van der Waals surface area contributed by atoms with Crippen molar-refractivity contribution in [2.75, 3.05) is 5.32 Å². The summed E-state index contributed by atoms with van der Waals surface area (Å²) in [6.07, 6.45) is 0.756. The fraction of sp³-hybridized carbons (Fsp3) is 0.462. The van der Waals surface area contributed by atoms with Crippen LogP contribution in [0.15, 0.2) is 36.4 Å². The Kier molecular flexibility index (Phi) is 7.28. The molecule has 0 aliphatic heterocycles. The highest BCUT2D eigenvalue weighted by Crippen LogP contribution is 2.43. The molecule has 0 heterocycles. The van der Waals surface area contributed by atoms with E-state index >= 15 is 0 Å². The minimum Gasteiger partial charge on any atom is -0.484 e. The molecule has 1 amide bonds. The van der Waals surface area contributed by atoms with Crippen LogP contribution in [-0.2, 0) is 0 Å². The molecule has 6 nitrogen and oxygen atoms in total. The third kappa shape index (κ3) is 7.91. The minimum absolute atomic E-state index is 0.330. The number of amides is 1. The van der Waals surface area contributed by atoms with Crippen LogP contribution >= 0.6 is 0 Å². The molecule has 0 aliphatic rings. The Morgan fingerprint density at radius 1 is 0.750 bits per heavy atom. The monoisotopic (exact) mass is 441 g/mol. The highest BCUT2D eigenvalue weighted by atomic mass is 16.6. The van der Waals surface area contributed by atoms with Gasteiger partial charge in [0.15, 0.2) is 11.5 Å². The van der Waals surface area contributed by atoms with Crippen molar-refractivity contribution in [1.82, 2.24) is 0 Å². The summed E-state index contributed by atoms with van der Waals surface area (Å²) < 4.78 is 18.6. The van der Waals surface area contributed by atoms with E-state index in [0.29, 0.717) is 34.1 Å². The molecule has 174 valence electrons. The second-order valence-electron chi connectivity index (χ2n) is 10.6. The lowest BCUT2D eigenvalue weighted by Gasteiger charge is -2.31. The van der Waals surface area contributed by atoms with E-state index in [1.807, 2.05) is 62.3 Å². The largest absolute Gasteiger partial charge is 0.484 e. The first-order valence-corrected chi connectivity index (χ1v) is 10.7. The van der Waals surface area contributed by atoms with Gasteiger partial charge in [-0.1, -0.05) is 0 Å². The molecule has 0 aliphatic carbocycles. The van der Waals surface area contributed by atoms with E-state index in [1.54, 1.807) is 36.4 Å². The predicted octanol–water partition coefficient (Wildman–Crippen LogP) is 6.28. The molecule has 0 aromatic heterocycles. The van der Waals surface area contributed by atoms with E-state index in [0.717, 1.165) is 6.29 Å². The van der Waals surface area contributed by atoms with E-state index in [-0.39, 0.29) is 5.91 Å². The van der Waals surface area contributed by atoms with Crippen molar-refractivity contribution in [1.29, 1.82) is 0 Å². The second-order valence-corrected chi connectivity index (χ2v) is 10.6. The van der Waals surface area contributed by atoms with E-state index in [1.165, 1.54) is 0 Å². The quantitative estimate of drug-likeness (QED) is 0.534. The van der Waals surface area contributed by atoms with Gasteiger partial charge >= 0.3 is 0 Å². The Hall–Kier alpha value is -3.02. The molecule has 0 saturated carbocycles. The standard InChI is InChI=1S/C26H35NO5/c1-24(2,3)30-20-14-18(23(29)27-19-12-10-17(16-28)11-13-19)15-21(31-25(4,5)6)22(20)32-26(7,8)9/h10-16H,1-9H3,(H,27,29). The Balaban J connectivity index is 2.55. The van der Waals surface area contributed by atoms with Crippen molar-refractivity contribution in [2.24, 2.45) is 0 Å². The first kappa shape index (κ1) is 25.2. The first-order chi connectivity index (χ1) is 14.6. The van der Waals surface area contributed by atoms with Gasteiger partial charge in [-0.3, -0.25) is 9.59 Å². The highest BCUT2D eigenvalue weighted by Gasteiger charge is 2.28. The maximum atomic E-state index is 13.1. The van der Waals surface area contributed by atoms with Gasteiger partial charge in [0.1, 0.15) is 23.1 Å². The number of hydrogen-bond acceptors (Lipinski definition) is 5. The average Bonchev–Trinajstić information content (AvgIpc) is 2.61. The van der Waals surface area contributed by atoms with Crippen LogP contribution in [0.5, 0.6) is 17.2 Å². The van der Waals surface area contributed by atoms with Crippen LogP contribution in [0.1, 0.15) is 83.0 Å². The molecule has 0 bridgehead atoms. The van der Waals surface area contributed by atoms with Gasteiger partial charge < -0.3 is 19.5 Å². The van der Waals surface area contributed by atoms with Crippen LogP contribution in [0.4, 0.5) is 5.69 Å². The number of anilines is 1. The van der Waals surface area contributed by atoms with Crippen LogP contribution in [0.3, 0.4) is 0 Å². The maximum Gasteiger partial charge on any atom is 0.255 e. The summed E-state index contributed by atoms with van der Waals surface area (Å²) >= 11 is 0. The second kappa shape index (κ2) is 9.23. The molecule has 0 unspecified atom stereocenters. The van der Waals surface area contributed by atoms with Gasteiger partial charge in [-0.2, -0.15) is 0 Å². The predicted molar refractivity (Wildman–Crippen MR) is 127 cm³/mol. The normalized spacial score (nSPS) is 12.2. The molecular formula is C26H35NO5. The number of benzene rings is 2. The summed E-state index contributed by atoms with van der Waals surface area (Å²) in [5.41, 5.74) is -0.0654. The van der Waals surface area contributed by atoms with Gasteiger partial charge in [0.25, 0.3) is 5.91 Å². The van der Waals surface area contributed by atoms with Gasteiger partial charge in [-0.15, -0.1) is 0 Å². The summed E-state index contributed by atoms with van der Waals surface area (Å²) in [5.74, 6) is 0.976. The third-order valence-corrected chi connectivity index (χ3v) is 3.83. The molecule has 2 aromatic carbocycles. The molecule has 2 aromatic rings. The summed E-state index contributed by atoms with van der Waals surface area (Å²) in [6.45, 7) is 17.4. The molecule has 0 fully saturated rings. The van der Waals surface area contributed by atoms with Crippen molar-refractivity contribution >= 4 is 17.9 Å². The van der Waals surface area contributed by atoms with E-state index in [2.05, 4.69) is 5.32 Å². The van der Waals surface area contributed by atoms with Gasteiger partial charge in [-0.25, -0.2) is 0 Å². The zero-order valence-electron chi connectivity index (χ0n) is 20.6. The van der Waals surface area contributed by atoms with Crippen LogP contribution in [0, 0.1) is 0 Å². The van der Waals surface area contributed by atoms with Crippen molar-refractivity contribution in [2.45, 2.75) is 79.1 Å². The molecule has 0 spiro atoms. The number of ether oxygens (including phenoxy) is 3. The van der Waals surface area contributed by atoms with Gasteiger partial charge in [-0.05, 0) is 98.7 Å². The lowest BCUT2D eigenvalue weighted by Crippen LogP contribution is -2.29. The Bertz CT molecular complexity index is 921. The SMILES string of the molecule is CC(C)(C)Oc1cc(C(=O)Nc2ccc(C=O)cc2)cc(OC(C)(C)C)c1OC(C)(C)C. The Morgan fingerprint density at radius 2 is 1.19 bits per heavy atom. The fourth-order valence-electron chi connectivity index (χ4n) is 2.77. The number of rotatable bonds is 6. The van der Waals surface area contributed by atoms with Gasteiger partial charge in [0.05, 0.1) is 0 Å².